The summed E-state index contributed by atoms with van der Waals surface area (Å²) in [6.45, 7) is 1.69. The number of amidine groups is 1. The van der Waals surface area contributed by atoms with Gasteiger partial charge in [0.25, 0.3) is 0 Å². The summed E-state index contributed by atoms with van der Waals surface area (Å²) in [6, 6.07) is 1.60. The third-order valence-electron chi connectivity index (χ3n) is 2.24. The highest BCUT2D eigenvalue weighted by atomic mass is 16.4. The molecule has 7 nitrogen and oxygen atoms in total. The van der Waals surface area contributed by atoms with Gasteiger partial charge in [0, 0.05) is 26.3 Å². The smallest absolute Gasteiger partial charge is 0.225 e. The van der Waals surface area contributed by atoms with Crippen molar-refractivity contribution in [3.05, 3.63) is 18.0 Å². The van der Waals surface area contributed by atoms with Crippen molar-refractivity contribution >= 4 is 11.8 Å². The van der Waals surface area contributed by atoms with Crippen molar-refractivity contribution in [1.29, 1.82) is 0 Å². The van der Waals surface area contributed by atoms with Gasteiger partial charge in [0.1, 0.15) is 5.69 Å². The molecule has 17 heavy (non-hydrogen) atoms. The Bertz CT molecular complexity index is 392. The number of nitrogens with two attached hydrogens (primary N) is 1. The van der Waals surface area contributed by atoms with Crippen molar-refractivity contribution in [2.45, 2.75) is 0 Å². The molecule has 0 bridgehead atoms. The van der Waals surface area contributed by atoms with Gasteiger partial charge in [-0.15, -0.1) is 0 Å². The van der Waals surface area contributed by atoms with Crippen LogP contribution in [0, 0.1) is 0 Å². The minimum atomic E-state index is -0.0188. The molecule has 0 saturated carbocycles. The summed E-state index contributed by atoms with van der Waals surface area (Å²) >= 11 is 0. The van der Waals surface area contributed by atoms with Crippen LogP contribution in [0.3, 0.4) is 0 Å². The predicted octanol–water partition coefficient (Wildman–Crippen LogP) is -0.431. The van der Waals surface area contributed by atoms with Gasteiger partial charge in [-0.2, -0.15) is 0 Å². The first-order valence-corrected chi connectivity index (χ1v) is 5.21. The number of likely N-dealkylation sites (N-methyl/N-ethyl adjacent to an activating group) is 2. The second kappa shape index (κ2) is 6.00. The number of anilines is 1. The van der Waals surface area contributed by atoms with Crippen LogP contribution < -0.4 is 10.6 Å². The zero-order valence-electron chi connectivity index (χ0n) is 10.3. The monoisotopic (exact) mass is 238 g/mol. The lowest BCUT2D eigenvalue weighted by Gasteiger charge is -2.19. The van der Waals surface area contributed by atoms with Crippen LogP contribution in [0.4, 0.5) is 5.95 Å². The maximum Gasteiger partial charge on any atom is 0.225 e. The average molecular weight is 238 g/mol. The topological polar surface area (TPSA) is 90.9 Å². The lowest BCUT2D eigenvalue weighted by molar-refractivity contribution is 0.318. The number of hydrogen-bond acceptors (Lipinski definition) is 6. The van der Waals surface area contributed by atoms with E-state index in [9.17, 15) is 0 Å². The first-order chi connectivity index (χ1) is 8.04. The molecule has 1 aromatic rings. The van der Waals surface area contributed by atoms with Crippen molar-refractivity contribution in [3.8, 4) is 0 Å². The van der Waals surface area contributed by atoms with Crippen LogP contribution in [0.1, 0.15) is 5.69 Å². The fourth-order valence-corrected chi connectivity index (χ4v) is 1.18. The van der Waals surface area contributed by atoms with Gasteiger partial charge in [0.2, 0.25) is 5.95 Å². The van der Waals surface area contributed by atoms with Crippen molar-refractivity contribution in [2.75, 3.05) is 39.1 Å². The summed E-state index contributed by atoms with van der Waals surface area (Å²) in [5.74, 6) is 0.533. The molecule has 0 aliphatic heterocycles. The molecule has 0 unspecified atom stereocenters. The van der Waals surface area contributed by atoms with E-state index in [2.05, 4.69) is 20.0 Å². The molecule has 0 fully saturated rings. The van der Waals surface area contributed by atoms with Crippen LogP contribution in [0.5, 0.6) is 0 Å². The predicted molar refractivity (Wildman–Crippen MR) is 66.4 cm³/mol. The maximum absolute atomic E-state index is 8.58. The largest absolute Gasteiger partial charge is 0.409 e. The van der Waals surface area contributed by atoms with Crippen LogP contribution in [0.25, 0.3) is 0 Å². The standard InChI is InChI=1S/C10H18N6O/c1-15(2)6-7-16(3)10-12-5-4-8(13-10)9(11)14-17/h4-5,17H,6-7H2,1-3H3,(H2,11,14). The van der Waals surface area contributed by atoms with E-state index in [0.717, 1.165) is 13.1 Å². The molecule has 1 rings (SSSR count). The SMILES string of the molecule is CN(C)CCN(C)c1nccc(/C(N)=N/O)n1. The normalized spacial score (nSPS) is 11.9. The summed E-state index contributed by atoms with van der Waals surface area (Å²) in [4.78, 5) is 12.3. The Hall–Kier alpha value is -1.89. The number of rotatable bonds is 5. The molecule has 0 spiro atoms. The van der Waals surface area contributed by atoms with Gasteiger partial charge in [-0.1, -0.05) is 5.16 Å². The number of aromatic nitrogens is 2. The molecule has 0 amide bonds. The van der Waals surface area contributed by atoms with Gasteiger partial charge in [-0.05, 0) is 20.2 Å². The van der Waals surface area contributed by atoms with Gasteiger partial charge in [0.15, 0.2) is 5.84 Å². The van der Waals surface area contributed by atoms with Crippen molar-refractivity contribution in [2.24, 2.45) is 10.9 Å². The van der Waals surface area contributed by atoms with Gasteiger partial charge in [-0.25, -0.2) is 9.97 Å². The Morgan fingerprint density at radius 2 is 2.12 bits per heavy atom. The molecule has 7 heteroatoms. The van der Waals surface area contributed by atoms with Crippen molar-refractivity contribution in [1.82, 2.24) is 14.9 Å². The second-order valence-electron chi connectivity index (χ2n) is 3.95. The first kappa shape index (κ1) is 13.2. The average Bonchev–Trinajstić information content (AvgIpc) is 2.35. The van der Waals surface area contributed by atoms with Crippen molar-refractivity contribution in [3.63, 3.8) is 0 Å². The van der Waals surface area contributed by atoms with Gasteiger partial charge >= 0.3 is 0 Å². The molecule has 0 atom stereocenters. The molecule has 1 heterocycles. The maximum atomic E-state index is 8.58. The molecule has 0 aromatic carbocycles. The lowest BCUT2D eigenvalue weighted by Crippen LogP contribution is -2.30. The molecule has 1 aromatic heterocycles. The third-order valence-corrected chi connectivity index (χ3v) is 2.24. The van der Waals surface area contributed by atoms with E-state index in [1.54, 1.807) is 12.3 Å². The Labute approximate surface area is 101 Å². The zero-order valence-corrected chi connectivity index (χ0v) is 10.3. The van der Waals surface area contributed by atoms with E-state index in [-0.39, 0.29) is 5.84 Å². The Morgan fingerprint density at radius 1 is 1.41 bits per heavy atom. The fraction of sp³-hybridized carbons (Fsp3) is 0.500. The number of hydrogen-bond donors (Lipinski definition) is 2. The van der Waals surface area contributed by atoms with Crippen LogP contribution in [0.15, 0.2) is 17.4 Å². The fourth-order valence-electron chi connectivity index (χ4n) is 1.18. The lowest BCUT2D eigenvalue weighted by atomic mass is 10.4. The van der Waals surface area contributed by atoms with Crippen LogP contribution >= 0.6 is 0 Å². The molecule has 0 aliphatic carbocycles. The molecular weight excluding hydrogens is 220 g/mol. The van der Waals surface area contributed by atoms with Crippen molar-refractivity contribution < 1.29 is 5.21 Å². The number of oxime groups is 1. The molecule has 94 valence electrons. The van der Waals surface area contributed by atoms with Crippen LogP contribution in [-0.2, 0) is 0 Å². The highest BCUT2D eigenvalue weighted by Gasteiger charge is 2.07. The Balaban J connectivity index is 2.77. The van der Waals surface area contributed by atoms with Gasteiger partial charge in [-0.3, -0.25) is 0 Å². The van der Waals surface area contributed by atoms with Gasteiger partial charge in [0.05, 0.1) is 0 Å². The summed E-state index contributed by atoms with van der Waals surface area (Å²) in [5, 5.41) is 11.5. The minimum Gasteiger partial charge on any atom is -0.409 e. The first-order valence-electron chi connectivity index (χ1n) is 5.21. The van der Waals surface area contributed by atoms with E-state index in [0.29, 0.717) is 11.6 Å². The third kappa shape index (κ3) is 3.87. The van der Waals surface area contributed by atoms with E-state index < -0.39 is 0 Å². The summed E-state index contributed by atoms with van der Waals surface area (Å²) in [5.41, 5.74) is 5.88. The molecule has 3 N–H and O–H groups in total. The van der Waals surface area contributed by atoms with E-state index in [1.165, 1.54) is 0 Å². The summed E-state index contributed by atoms with van der Waals surface area (Å²) in [6.07, 6.45) is 1.59. The molecular formula is C10H18N6O. The van der Waals surface area contributed by atoms with Gasteiger partial charge < -0.3 is 20.7 Å². The van der Waals surface area contributed by atoms with E-state index in [4.69, 9.17) is 10.9 Å². The van der Waals surface area contributed by atoms with E-state index in [1.807, 2.05) is 26.0 Å². The van der Waals surface area contributed by atoms with E-state index >= 15 is 0 Å². The quantitative estimate of drug-likeness (QED) is 0.313. The summed E-state index contributed by atoms with van der Waals surface area (Å²) in [7, 11) is 5.90. The Kier molecular flexibility index (Phi) is 4.65. The zero-order chi connectivity index (χ0) is 12.8. The minimum absolute atomic E-state index is 0.0188. The van der Waals surface area contributed by atoms with Crippen LogP contribution in [0.2, 0.25) is 0 Å². The highest BCUT2D eigenvalue weighted by molar-refractivity contribution is 5.95. The summed E-state index contributed by atoms with van der Waals surface area (Å²) < 4.78 is 0. The molecule has 0 saturated heterocycles. The highest BCUT2D eigenvalue weighted by Crippen LogP contribution is 2.05. The Morgan fingerprint density at radius 3 is 2.71 bits per heavy atom. The molecule has 0 aliphatic rings. The second-order valence-corrected chi connectivity index (χ2v) is 3.95. The number of nitrogens with zero attached hydrogens (tertiary/aromatic N) is 5. The molecule has 0 radical (unpaired) electrons. The van der Waals surface area contributed by atoms with Crippen LogP contribution in [-0.4, -0.2) is 60.1 Å².